The molecule has 2 amide bonds. The molecule has 0 radical (unpaired) electrons. The summed E-state index contributed by atoms with van der Waals surface area (Å²) in [5, 5.41) is 2.13. The Hall–Kier alpha value is -1.06. The largest absolute Gasteiger partial charge is 0.449 e. The Labute approximate surface area is 78.6 Å². The van der Waals surface area contributed by atoms with Crippen molar-refractivity contribution in [3.05, 3.63) is 0 Å². The van der Waals surface area contributed by atoms with Crippen LogP contribution in [0.5, 0.6) is 0 Å². The first-order valence-corrected chi connectivity index (χ1v) is 4.41. The highest BCUT2D eigenvalue weighted by molar-refractivity contribution is 5.92. The second kappa shape index (κ2) is 5.56. The third-order valence-electron chi connectivity index (χ3n) is 1.30. The van der Waals surface area contributed by atoms with Crippen molar-refractivity contribution in [1.82, 2.24) is 5.32 Å². The number of alkyl carbamates (subject to hydrolysis) is 1. The lowest BCUT2D eigenvalue weighted by Gasteiger charge is -2.08. The van der Waals surface area contributed by atoms with Crippen LogP contribution in [0.1, 0.15) is 27.7 Å². The van der Waals surface area contributed by atoms with Crippen LogP contribution in [0.4, 0.5) is 4.79 Å². The van der Waals surface area contributed by atoms with E-state index < -0.39 is 6.09 Å². The van der Waals surface area contributed by atoms with Crippen LogP contribution >= 0.6 is 0 Å². The highest BCUT2D eigenvalue weighted by Crippen LogP contribution is 1.94. The van der Waals surface area contributed by atoms with Crippen molar-refractivity contribution in [2.75, 3.05) is 6.61 Å². The summed E-state index contributed by atoms with van der Waals surface area (Å²) in [6.45, 7) is 7.61. The molecule has 0 aromatic heterocycles. The number of hydrogen-bond donors (Lipinski definition) is 1. The Kier molecular flexibility index (Phi) is 5.11. The fourth-order valence-electron chi connectivity index (χ4n) is 0.523. The molecule has 13 heavy (non-hydrogen) atoms. The second-order valence-electron chi connectivity index (χ2n) is 3.64. The third kappa shape index (κ3) is 6.13. The topological polar surface area (TPSA) is 55.4 Å². The van der Waals surface area contributed by atoms with Crippen molar-refractivity contribution in [3.8, 4) is 0 Å². The predicted molar refractivity (Wildman–Crippen MR) is 49.2 cm³/mol. The fourth-order valence-corrected chi connectivity index (χ4v) is 0.523. The molecule has 0 saturated heterocycles. The van der Waals surface area contributed by atoms with Crippen molar-refractivity contribution in [2.24, 2.45) is 11.8 Å². The molecule has 0 spiro atoms. The Morgan fingerprint density at radius 1 is 1.23 bits per heavy atom. The van der Waals surface area contributed by atoms with E-state index in [9.17, 15) is 9.59 Å². The number of carbonyl (C=O) groups excluding carboxylic acids is 2. The van der Waals surface area contributed by atoms with Gasteiger partial charge in [0.15, 0.2) is 0 Å². The molecule has 0 aromatic rings. The first-order chi connectivity index (χ1) is 5.93. The monoisotopic (exact) mass is 187 g/mol. The van der Waals surface area contributed by atoms with E-state index in [1.54, 1.807) is 13.8 Å². The zero-order valence-electron chi connectivity index (χ0n) is 8.59. The van der Waals surface area contributed by atoms with Crippen molar-refractivity contribution < 1.29 is 14.3 Å². The van der Waals surface area contributed by atoms with Crippen LogP contribution in [0.2, 0.25) is 0 Å². The molecule has 0 bridgehead atoms. The number of hydrogen-bond acceptors (Lipinski definition) is 3. The summed E-state index contributed by atoms with van der Waals surface area (Å²) < 4.78 is 4.75. The minimum Gasteiger partial charge on any atom is -0.449 e. The standard InChI is InChI=1S/C9H17NO3/c1-6(2)5-13-9(12)10-8(11)7(3)4/h6-7H,5H2,1-4H3,(H,10,11,12). The zero-order valence-corrected chi connectivity index (χ0v) is 8.59. The molecule has 0 fully saturated rings. The van der Waals surface area contributed by atoms with Crippen LogP contribution in [-0.4, -0.2) is 18.6 Å². The molecular weight excluding hydrogens is 170 g/mol. The van der Waals surface area contributed by atoms with E-state index in [1.807, 2.05) is 13.8 Å². The lowest BCUT2D eigenvalue weighted by molar-refractivity contribution is -0.123. The summed E-state index contributed by atoms with van der Waals surface area (Å²) in [6, 6.07) is 0. The summed E-state index contributed by atoms with van der Waals surface area (Å²) >= 11 is 0. The molecular formula is C9H17NO3. The average Bonchev–Trinajstić information content (AvgIpc) is 2.00. The minimum absolute atomic E-state index is 0.202. The smallest absolute Gasteiger partial charge is 0.413 e. The SMILES string of the molecule is CC(C)COC(=O)NC(=O)C(C)C. The Morgan fingerprint density at radius 3 is 2.15 bits per heavy atom. The Balaban J connectivity index is 3.69. The number of imide groups is 1. The number of amides is 2. The van der Waals surface area contributed by atoms with Gasteiger partial charge in [-0.25, -0.2) is 4.79 Å². The summed E-state index contributed by atoms with van der Waals surface area (Å²) in [5.41, 5.74) is 0. The lowest BCUT2D eigenvalue weighted by Crippen LogP contribution is -2.34. The van der Waals surface area contributed by atoms with Crippen molar-refractivity contribution in [3.63, 3.8) is 0 Å². The van der Waals surface area contributed by atoms with Gasteiger partial charge in [0.1, 0.15) is 0 Å². The van der Waals surface area contributed by atoms with Crippen LogP contribution in [0.3, 0.4) is 0 Å². The van der Waals surface area contributed by atoms with E-state index in [2.05, 4.69) is 5.32 Å². The molecule has 0 unspecified atom stereocenters. The first kappa shape index (κ1) is 11.9. The van der Waals surface area contributed by atoms with Gasteiger partial charge < -0.3 is 4.74 Å². The minimum atomic E-state index is -0.660. The van der Waals surface area contributed by atoms with Gasteiger partial charge in [0.25, 0.3) is 0 Å². The van der Waals surface area contributed by atoms with E-state index in [1.165, 1.54) is 0 Å². The molecule has 0 aliphatic carbocycles. The van der Waals surface area contributed by atoms with Crippen molar-refractivity contribution in [2.45, 2.75) is 27.7 Å². The van der Waals surface area contributed by atoms with Crippen molar-refractivity contribution >= 4 is 12.0 Å². The van der Waals surface area contributed by atoms with Gasteiger partial charge in [0.05, 0.1) is 6.61 Å². The van der Waals surface area contributed by atoms with E-state index in [0.717, 1.165) is 0 Å². The third-order valence-corrected chi connectivity index (χ3v) is 1.30. The van der Waals surface area contributed by atoms with Crippen LogP contribution in [0.15, 0.2) is 0 Å². The number of rotatable bonds is 3. The van der Waals surface area contributed by atoms with Crippen molar-refractivity contribution in [1.29, 1.82) is 0 Å². The normalized spacial score (nSPS) is 10.3. The maximum atomic E-state index is 11.0. The number of nitrogens with one attached hydrogen (secondary N) is 1. The van der Waals surface area contributed by atoms with Crippen LogP contribution in [-0.2, 0) is 9.53 Å². The Bertz CT molecular complexity index is 187. The molecule has 0 heterocycles. The molecule has 0 aliphatic heterocycles. The number of carbonyl (C=O) groups is 2. The summed E-state index contributed by atoms with van der Waals surface area (Å²) in [7, 11) is 0. The van der Waals surface area contributed by atoms with Gasteiger partial charge in [0, 0.05) is 5.92 Å². The predicted octanol–water partition coefficient (Wildman–Crippen LogP) is 1.55. The van der Waals surface area contributed by atoms with E-state index in [0.29, 0.717) is 6.61 Å². The van der Waals surface area contributed by atoms with Gasteiger partial charge in [-0.2, -0.15) is 0 Å². The van der Waals surface area contributed by atoms with Crippen LogP contribution in [0.25, 0.3) is 0 Å². The van der Waals surface area contributed by atoms with Crippen LogP contribution in [0, 0.1) is 11.8 Å². The van der Waals surface area contributed by atoms with Gasteiger partial charge in [-0.15, -0.1) is 0 Å². The van der Waals surface area contributed by atoms with Crippen LogP contribution < -0.4 is 5.32 Å². The fraction of sp³-hybridized carbons (Fsp3) is 0.778. The summed E-state index contributed by atoms with van der Waals surface area (Å²) in [5.74, 6) is -0.236. The van der Waals surface area contributed by atoms with Gasteiger partial charge in [0.2, 0.25) is 5.91 Å². The quantitative estimate of drug-likeness (QED) is 0.729. The maximum absolute atomic E-state index is 11.0. The van der Waals surface area contributed by atoms with E-state index in [-0.39, 0.29) is 17.7 Å². The molecule has 0 aromatic carbocycles. The molecule has 76 valence electrons. The summed E-state index contributed by atoms with van der Waals surface area (Å²) in [6.07, 6.45) is -0.660. The van der Waals surface area contributed by atoms with Gasteiger partial charge in [-0.3, -0.25) is 10.1 Å². The summed E-state index contributed by atoms with van der Waals surface area (Å²) in [4.78, 5) is 21.9. The average molecular weight is 187 g/mol. The first-order valence-electron chi connectivity index (χ1n) is 4.41. The molecule has 0 rings (SSSR count). The molecule has 4 nitrogen and oxygen atoms in total. The molecule has 0 atom stereocenters. The van der Waals surface area contributed by atoms with E-state index >= 15 is 0 Å². The van der Waals surface area contributed by atoms with Gasteiger partial charge >= 0.3 is 6.09 Å². The lowest BCUT2D eigenvalue weighted by atomic mass is 10.2. The van der Waals surface area contributed by atoms with Gasteiger partial charge in [-0.05, 0) is 5.92 Å². The maximum Gasteiger partial charge on any atom is 0.413 e. The highest BCUT2D eigenvalue weighted by Gasteiger charge is 2.12. The Morgan fingerprint density at radius 2 is 1.77 bits per heavy atom. The second-order valence-corrected chi connectivity index (χ2v) is 3.64. The zero-order chi connectivity index (χ0) is 10.4. The highest BCUT2D eigenvalue weighted by atomic mass is 16.5. The molecule has 1 N–H and O–H groups in total. The van der Waals surface area contributed by atoms with E-state index in [4.69, 9.17) is 4.74 Å². The molecule has 0 saturated carbocycles. The molecule has 0 aliphatic rings. The molecule has 4 heteroatoms. The van der Waals surface area contributed by atoms with Gasteiger partial charge in [-0.1, -0.05) is 27.7 Å². The number of ether oxygens (including phenoxy) is 1.